The molecule has 1 unspecified atom stereocenters. The van der Waals surface area contributed by atoms with E-state index in [0.717, 1.165) is 11.3 Å². The Morgan fingerprint density at radius 3 is 2.54 bits per heavy atom. The third-order valence-electron chi connectivity index (χ3n) is 5.46. The van der Waals surface area contributed by atoms with Gasteiger partial charge in [0.2, 0.25) is 17.4 Å². The molecule has 1 aliphatic rings. The number of pyridine rings is 1. The van der Waals surface area contributed by atoms with Crippen molar-refractivity contribution in [2.24, 2.45) is 4.99 Å². The van der Waals surface area contributed by atoms with Crippen LogP contribution in [0.25, 0.3) is 0 Å². The van der Waals surface area contributed by atoms with Gasteiger partial charge in [0.05, 0.1) is 19.0 Å². The van der Waals surface area contributed by atoms with Crippen molar-refractivity contribution < 1.29 is 14.1 Å². The molecule has 1 aliphatic heterocycles. The summed E-state index contributed by atoms with van der Waals surface area (Å²) in [5.41, 5.74) is 2.10. The average Bonchev–Trinajstić information content (AvgIpc) is 3.38. The molecule has 2 aromatic carbocycles. The van der Waals surface area contributed by atoms with Gasteiger partial charge in [-0.15, -0.1) is 0 Å². The number of carbonyl (C=O) groups is 1. The third kappa shape index (κ3) is 5.25. The first kappa shape index (κ1) is 22.4. The highest BCUT2D eigenvalue weighted by Crippen LogP contribution is 2.26. The minimum Gasteiger partial charge on any atom is -0.436 e. The number of aromatic nitrogens is 2. The van der Waals surface area contributed by atoms with Gasteiger partial charge in [0, 0.05) is 29.0 Å². The summed E-state index contributed by atoms with van der Waals surface area (Å²) in [6, 6.07) is 19.2. The Bertz CT molecular complexity index is 1380. The van der Waals surface area contributed by atoms with Crippen LogP contribution in [0, 0.1) is 0 Å². The maximum absolute atomic E-state index is 13.6. The second kappa shape index (κ2) is 9.86. The van der Waals surface area contributed by atoms with E-state index in [1.807, 2.05) is 24.3 Å². The molecule has 0 saturated carbocycles. The smallest absolute Gasteiger partial charge is 0.259 e. The Kier molecular flexibility index (Phi) is 6.32. The van der Waals surface area contributed by atoms with Crippen LogP contribution in [0.5, 0.6) is 11.6 Å². The fraction of sp³-hybridized carbons (Fsp3) is 0.120. The molecule has 0 aliphatic carbocycles. The molecule has 0 bridgehead atoms. The number of anilines is 1. The standard InChI is InChI=1S/C25H20ClN5O4/c26-18-4-1-16(2-5-18)15-31-24(33)21(17-3-10-22(32)27-13-17)14-28-25(31)29-19-6-8-20(9-7-19)35-23-11-12-34-30-23/h1-13,21H,14-15H2,(H,27,32)(H,28,29). The van der Waals surface area contributed by atoms with E-state index in [9.17, 15) is 9.59 Å². The molecule has 2 aromatic heterocycles. The van der Waals surface area contributed by atoms with Gasteiger partial charge < -0.3 is 19.6 Å². The molecular weight excluding hydrogens is 470 g/mol. The van der Waals surface area contributed by atoms with Crippen LogP contribution in [0.3, 0.4) is 0 Å². The van der Waals surface area contributed by atoms with Crippen LogP contribution in [0.2, 0.25) is 5.02 Å². The van der Waals surface area contributed by atoms with Gasteiger partial charge >= 0.3 is 0 Å². The molecule has 176 valence electrons. The second-order valence-electron chi connectivity index (χ2n) is 7.84. The fourth-order valence-electron chi connectivity index (χ4n) is 3.66. The molecule has 0 radical (unpaired) electrons. The maximum Gasteiger partial charge on any atom is 0.259 e. The lowest BCUT2D eigenvalue weighted by atomic mass is 9.98. The monoisotopic (exact) mass is 489 g/mol. The van der Waals surface area contributed by atoms with Gasteiger partial charge in [0.15, 0.2) is 0 Å². The number of benzene rings is 2. The van der Waals surface area contributed by atoms with E-state index in [1.54, 1.807) is 47.5 Å². The molecule has 10 heteroatoms. The van der Waals surface area contributed by atoms with E-state index < -0.39 is 5.92 Å². The lowest BCUT2D eigenvalue weighted by molar-refractivity contribution is -0.129. The zero-order chi connectivity index (χ0) is 24.2. The van der Waals surface area contributed by atoms with Gasteiger partial charge in [0.25, 0.3) is 5.88 Å². The van der Waals surface area contributed by atoms with Crippen molar-refractivity contribution in [1.29, 1.82) is 0 Å². The first-order chi connectivity index (χ1) is 17.0. The predicted molar refractivity (Wildman–Crippen MR) is 131 cm³/mol. The summed E-state index contributed by atoms with van der Waals surface area (Å²) in [7, 11) is 0. The number of guanidine groups is 1. The Morgan fingerprint density at radius 2 is 1.86 bits per heavy atom. The molecule has 3 heterocycles. The minimum absolute atomic E-state index is 0.129. The molecular formula is C25H20ClN5O4. The number of rotatable bonds is 6. The Balaban J connectivity index is 1.39. The van der Waals surface area contributed by atoms with E-state index in [0.29, 0.717) is 34.7 Å². The number of halogens is 1. The number of aromatic amines is 1. The number of amides is 1. The summed E-state index contributed by atoms with van der Waals surface area (Å²) < 4.78 is 10.4. The third-order valence-corrected chi connectivity index (χ3v) is 5.71. The molecule has 9 nitrogen and oxygen atoms in total. The van der Waals surface area contributed by atoms with Crippen molar-refractivity contribution in [2.75, 3.05) is 11.9 Å². The lowest BCUT2D eigenvalue weighted by Crippen LogP contribution is -2.47. The lowest BCUT2D eigenvalue weighted by Gasteiger charge is -2.32. The van der Waals surface area contributed by atoms with Crippen molar-refractivity contribution in [2.45, 2.75) is 12.5 Å². The average molecular weight is 490 g/mol. The van der Waals surface area contributed by atoms with Crippen LogP contribution in [-0.4, -0.2) is 33.5 Å². The molecule has 0 fully saturated rings. The molecule has 1 atom stereocenters. The van der Waals surface area contributed by atoms with Gasteiger partial charge in [0.1, 0.15) is 12.0 Å². The SMILES string of the molecule is O=C1C(c2ccc(=O)[nH]c2)CN=C(Nc2ccc(Oc3ccon3)cc2)N1Cc1ccc(Cl)cc1. The molecule has 35 heavy (non-hydrogen) atoms. The predicted octanol–water partition coefficient (Wildman–Crippen LogP) is 4.40. The Morgan fingerprint density at radius 1 is 1.06 bits per heavy atom. The number of hydrogen-bond donors (Lipinski definition) is 2. The molecule has 2 N–H and O–H groups in total. The fourth-order valence-corrected chi connectivity index (χ4v) is 3.79. The summed E-state index contributed by atoms with van der Waals surface area (Å²) in [6.45, 7) is 0.548. The van der Waals surface area contributed by atoms with Crippen LogP contribution < -0.4 is 15.6 Å². The van der Waals surface area contributed by atoms with Crippen molar-refractivity contribution >= 4 is 29.2 Å². The summed E-state index contributed by atoms with van der Waals surface area (Å²) in [4.78, 5) is 33.9. The summed E-state index contributed by atoms with van der Waals surface area (Å²) >= 11 is 6.03. The normalized spacial score (nSPS) is 15.6. The number of nitrogens with zero attached hydrogens (tertiary/aromatic N) is 3. The minimum atomic E-state index is -0.511. The highest BCUT2D eigenvalue weighted by molar-refractivity contribution is 6.30. The highest BCUT2D eigenvalue weighted by Gasteiger charge is 2.33. The molecule has 5 rings (SSSR count). The van der Waals surface area contributed by atoms with Gasteiger partial charge in [-0.2, -0.15) is 0 Å². The quantitative estimate of drug-likeness (QED) is 0.415. The molecule has 0 saturated heterocycles. The van der Waals surface area contributed by atoms with Crippen LogP contribution in [0.1, 0.15) is 17.0 Å². The number of ether oxygens (including phenoxy) is 1. The number of nitrogens with one attached hydrogen (secondary N) is 2. The Labute approximate surface area is 205 Å². The van der Waals surface area contributed by atoms with Gasteiger partial charge in [-0.3, -0.25) is 19.5 Å². The molecule has 4 aromatic rings. The zero-order valence-electron chi connectivity index (χ0n) is 18.3. The van der Waals surface area contributed by atoms with Crippen molar-refractivity contribution in [3.63, 3.8) is 0 Å². The summed E-state index contributed by atoms with van der Waals surface area (Å²) in [5, 5.41) is 7.58. The first-order valence-electron chi connectivity index (χ1n) is 10.8. The number of hydrogen-bond acceptors (Lipinski definition) is 7. The first-order valence-corrected chi connectivity index (χ1v) is 11.2. The largest absolute Gasteiger partial charge is 0.436 e. The van der Waals surface area contributed by atoms with Crippen molar-refractivity contribution in [3.8, 4) is 11.6 Å². The van der Waals surface area contributed by atoms with E-state index in [2.05, 4.69) is 20.4 Å². The van der Waals surface area contributed by atoms with E-state index in [1.165, 1.54) is 12.3 Å². The Hall–Kier alpha value is -4.37. The van der Waals surface area contributed by atoms with E-state index >= 15 is 0 Å². The van der Waals surface area contributed by atoms with E-state index in [4.69, 9.17) is 20.9 Å². The van der Waals surface area contributed by atoms with Crippen molar-refractivity contribution in [1.82, 2.24) is 15.0 Å². The van der Waals surface area contributed by atoms with Gasteiger partial charge in [-0.05, 0) is 52.7 Å². The van der Waals surface area contributed by atoms with Crippen molar-refractivity contribution in [3.05, 3.63) is 106 Å². The van der Waals surface area contributed by atoms with Crippen LogP contribution in [0.4, 0.5) is 5.69 Å². The topological polar surface area (TPSA) is 113 Å². The van der Waals surface area contributed by atoms with Gasteiger partial charge in [-0.25, -0.2) is 0 Å². The van der Waals surface area contributed by atoms with E-state index in [-0.39, 0.29) is 18.0 Å². The number of aliphatic imine (C=N–C) groups is 1. The highest BCUT2D eigenvalue weighted by atomic mass is 35.5. The summed E-state index contributed by atoms with van der Waals surface area (Å²) in [6.07, 6.45) is 2.99. The second-order valence-corrected chi connectivity index (χ2v) is 8.28. The van der Waals surface area contributed by atoms with Crippen LogP contribution in [0.15, 0.2) is 93.5 Å². The number of carbonyl (C=O) groups excluding carboxylic acids is 1. The summed E-state index contributed by atoms with van der Waals surface area (Å²) in [5.74, 6) is 0.729. The zero-order valence-corrected chi connectivity index (χ0v) is 19.1. The maximum atomic E-state index is 13.6. The van der Waals surface area contributed by atoms with Crippen LogP contribution >= 0.6 is 11.6 Å². The molecule has 0 spiro atoms. The number of H-pyrrole nitrogens is 1. The molecule has 1 amide bonds. The van der Waals surface area contributed by atoms with Crippen LogP contribution in [-0.2, 0) is 11.3 Å². The van der Waals surface area contributed by atoms with Gasteiger partial charge in [-0.1, -0.05) is 29.8 Å².